The Morgan fingerprint density at radius 2 is 1.57 bits per heavy atom. The van der Waals surface area contributed by atoms with Crippen LogP contribution < -0.4 is 5.32 Å². The summed E-state index contributed by atoms with van der Waals surface area (Å²) in [5.41, 5.74) is 4.92. The molecule has 0 atom stereocenters. The molecular formula is C24H21N3O. The largest absolute Gasteiger partial charge is 0.348 e. The monoisotopic (exact) mass is 367 g/mol. The van der Waals surface area contributed by atoms with Crippen molar-refractivity contribution in [2.75, 3.05) is 0 Å². The molecule has 0 aliphatic heterocycles. The Morgan fingerprint density at radius 1 is 0.857 bits per heavy atom. The van der Waals surface area contributed by atoms with Gasteiger partial charge in [-0.05, 0) is 28.3 Å². The van der Waals surface area contributed by atoms with Gasteiger partial charge in [-0.1, -0.05) is 72.8 Å². The van der Waals surface area contributed by atoms with E-state index in [0.717, 1.165) is 28.8 Å². The molecule has 0 aliphatic rings. The molecule has 0 unspecified atom stereocenters. The lowest BCUT2D eigenvalue weighted by Gasteiger charge is -2.13. The van der Waals surface area contributed by atoms with Crippen LogP contribution in [0.4, 0.5) is 0 Å². The molecule has 4 heteroatoms. The Kier molecular flexibility index (Phi) is 5.29. The smallest absolute Gasteiger partial charge is 0.252 e. The van der Waals surface area contributed by atoms with Crippen LogP contribution in [0.5, 0.6) is 0 Å². The molecule has 4 aromatic rings. The zero-order chi connectivity index (χ0) is 19.2. The fourth-order valence-electron chi connectivity index (χ4n) is 3.28. The van der Waals surface area contributed by atoms with Crippen LogP contribution in [0.3, 0.4) is 0 Å². The third-order valence-electron chi connectivity index (χ3n) is 4.73. The maximum Gasteiger partial charge on any atom is 0.252 e. The van der Waals surface area contributed by atoms with Gasteiger partial charge in [0.05, 0.1) is 6.33 Å². The van der Waals surface area contributed by atoms with Gasteiger partial charge < -0.3 is 9.88 Å². The number of hydrogen-bond donors (Lipinski definition) is 1. The van der Waals surface area contributed by atoms with Crippen molar-refractivity contribution < 1.29 is 4.79 Å². The molecule has 0 spiro atoms. The lowest BCUT2D eigenvalue weighted by atomic mass is 9.99. The normalized spacial score (nSPS) is 10.6. The number of carbonyl (C=O) groups excluding carboxylic acids is 1. The van der Waals surface area contributed by atoms with Crippen LogP contribution in [0.2, 0.25) is 0 Å². The van der Waals surface area contributed by atoms with Gasteiger partial charge in [-0.15, -0.1) is 0 Å². The van der Waals surface area contributed by atoms with E-state index in [4.69, 9.17) is 0 Å². The second kappa shape index (κ2) is 8.35. The maximum atomic E-state index is 12.9. The van der Waals surface area contributed by atoms with Crippen molar-refractivity contribution in [1.82, 2.24) is 14.9 Å². The molecule has 0 saturated heterocycles. The molecule has 0 aliphatic carbocycles. The van der Waals surface area contributed by atoms with E-state index in [0.29, 0.717) is 12.1 Å². The molecule has 1 aromatic heterocycles. The highest BCUT2D eigenvalue weighted by Crippen LogP contribution is 2.23. The molecule has 0 radical (unpaired) electrons. The number of nitrogens with zero attached hydrogens (tertiary/aromatic N) is 2. The predicted octanol–water partition coefficient (Wildman–Crippen LogP) is 4.53. The van der Waals surface area contributed by atoms with Crippen molar-refractivity contribution in [3.63, 3.8) is 0 Å². The van der Waals surface area contributed by atoms with E-state index in [1.165, 1.54) is 0 Å². The first-order valence-electron chi connectivity index (χ1n) is 9.26. The van der Waals surface area contributed by atoms with Crippen LogP contribution in [0.25, 0.3) is 11.1 Å². The van der Waals surface area contributed by atoms with Gasteiger partial charge >= 0.3 is 0 Å². The van der Waals surface area contributed by atoms with E-state index in [-0.39, 0.29) is 5.91 Å². The predicted molar refractivity (Wildman–Crippen MR) is 111 cm³/mol. The highest BCUT2D eigenvalue weighted by atomic mass is 16.1. The second-order valence-corrected chi connectivity index (χ2v) is 6.60. The van der Waals surface area contributed by atoms with Crippen molar-refractivity contribution in [1.29, 1.82) is 0 Å². The SMILES string of the molecule is O=C(NCc1ccccc1Cn1ccnc1)c1ccccc1-c1ccccc1. The van der Waals surface area contributed by atoms with Crippen LogP contribution in [0.15, 0.2) is 97.6 Å². The minimum absolute atomic E-state index is 0.0723. The van der Waals surface area contributed by atoms with E-state index in [1.807, 2.05) is 77.5 Å². The molecule has 4 nitrogen and oxygen atoms in total. The number of aromatic nitrogens is 2. The number of imidazole rings is 1. The fourth-order valence-corrected chi connectivity index (χ4v) is 3.28. The number of benzene rings is 3. The molecule has 1 amide bonds. The van der Waals surface area contributed by atoms with Crippen molar-refractivity contribution in [2.24, 2.45) is 0 Å². The van der Waals surface area contributed by atoms with Crippen molar-refractivity contribution in [3.05, 3.63) is 114 Å². The van der Waals surface area contributed by atoms with E-state index >= 15 is 0 Å². The minimum atomic E-state index is -0.0723. The molecule has 0 bridgehead atoms. The van der Waals surface area contributed by atoms with E-state index in [2.05, 4.69) is 22.4 Å². The summed E-state index contributed by atoms with van der Waals surface area (Å²) in [5, 5.41) is 3.08. The zero-order valence-electron chi connectivity index (χ0n) is 15.5. The first-order valence-corrected chi connectivity index (χ1v) is 9.26. The van der Waals surface area contributed by atoms with Gasteiger partial charge in [0, 0.05) is 31.0 Å². The van der Waals surface area contributed by atoms with Crippen LogP contribution >= 0.6 is 0 Å². The molecule has 0 fully saturated rings. The van der Waals surface area contributed by atoms with Gasteiger partial charge in [0.15, 0.2) is 0 Å². The summed E-state index contributed by atoms with van der Waals surface area (Å²) < 4.78 is 2.02. The number of nitrogens with one attached hydrogen (secondary N) is 1. The summed E-state index contributed by atoms with van der Waals surface area (Å²) in [6.45, 7) is 1.21. The molecule has 0 saturated carbocycles. The number of carbonyl (C=O) groups is 1. The maximum absolute atomic E-state index is 12.9. The van der Waals surface area contributed by atoms with Crippen LogP contribution in [-0.4, -0.2) is 15.5 Å². The summed E-state index contributed by atoms with van der Waals surface area (Å²) >= 11 is 0. The van der Waals surface area contributed by atoms with Gasteiger partial charge in [0.2, 0.25) is 0 Å². The molecule has 138 valence electrons. The van der Waals surface area contributed by atoms with E-state index in [9.17, 15) is 4.79 Å². The summed E-state index contributed by atoms with van der Waals surface area (Å²) in [4.78, 5) is 17.0. The Hall–Kier alpha value is -3.66. The van der Waals surface area contributed by atoms with Crippen molar-refractivity contribution in [3.8, 4) is 11.1 Å². The Morgan fingerprint density at radius 3 is 2.36 bits per heavy atom. The van der Waals surface area contributed by atoms with Gasteiger partial charge in [-0.25, -0.2) is 4.98 Å². The van der Waals surface area contributed by atoms with E-state index in [1.54, 1.807) is 12.5 Å². The average Bonchev–Trinajstić information content (AvgIpc) is 3.27. The van der Waals surface area contributed by atoms with Gasteiger partial charge in [-0.2, -0.15) is 0 Å². The fraction of sp³-hybridized carbons (Fsp3) is 0.0833. The van der Waals surface area contributed by atoms with Crippen LogP contribution in [-0.2, 0) is 13.1 Å². The van der Waals surface area contributed by atoms with Gasteiger partial charge in [0.1, 0.15) is 0 Å². The van der Waals surface area contributed by atoms with Crippen LogP contribution in [0, 0.1) is 0 Å². The molecule has 4 rings (SSSR count). The number of amides is 1. The Bertz CT molecular complexity index is 1060. The Labute approximate surface area is 164 Å². The standard InChI is InChI=1S/C24H21N3O/c28-24(23-13-7-6-12-22(23)19-8-2-1-3-9-19)26-16-20-10-4-5-11-21(20)17-27-15-14-25-18-27/h1-15,18H,16-17H2,(H,26,28). The van der Waals surface area contributed by atoms with E-state index < -0.39 is 0 Å². The van der Waals surface area contributed by atoms with Gasteiger partial charge in [-0.3, -0.25) is 4.79 Å². The Balaban J connectivity index is 1.52. The number of rotatable bonds is 6. The van der Waals surface area contributed by atoms with Crippen molar-refractivity contribution >= 4 is 5.91 Å². The molecule has 28 heavy (non-hydrogen) atoms. The molecule has 3 aromatic carbocycles. The first-order chi connectivity index (χ1) is 13.8. The average molecular weight is 367 g/mol. The highest BCUT2D eigenvalue weighted by molar-refractivity contribution is 6.00. The summed E-state index contributed by atoms with van der Waals surface area (Å²) in [7, 11) is 0. The lowest BCUT2D eigenvalue weighted by Crippen LogP contribution is -2.24. The summed E-state index contributed by atoms with van der Waals surface area (Å²) in [6, 6.07) is 25.8. The lowest BCUT2D eigenvalue weighted by molar-refractivity contribution is 0.0951. The van der Waals surface area contributed by atoms with Gasteiger partial charge in [0.25, 0.3) is 5.91 Å². The highest BCUT2D eigenvalue weighted by Gasteiger charge is 2.12. The third kappa shape index (κ3) is 4.01. The molecule has 1 heterocycles. The topological polar surface area (TPSA) is 46.9 Å². The molecule has 1 N–H and O–H groups in total. The molecular weight excluding hydrogens is 346 g/mol. The summed E-state index contributed by atoms with van der Waals surface area (Å²) in [6.07, 6.45) is 5.50. The third-order valence-corrected chi connectivity index (χ3v) is 4.73. The van der Waals surface area contributed by atoms with Crippen molar-refractivity contribution in [2.45, 2.75) is 13.1 Å². The quantitative estimate of drug-likeness (QED) is 0.544. The minimum Gasteiger partial charge on any atom is -0.348 e. The summed E-state index contributed by atoms with van der Waals surface area (Å²) in [5.74, 6) is -0.0723. The zero-order valence-corrected chi connectivity index (χ0v) is 15.5. The van der Waals surface area contributed by atoms with Crippen LogP contribution in [0.1, 0.15) is 21.5 Å². The first kappa shape index (κ1) is 17.7. The second-order valence-electron chi connectivity index (χ2n) is 6.60. The number of hydrogen-bond acceptors (Lipinski definition) is 2.